The molecule has 4 rings (SSSR count). The second-order valence-electron chi connectivity index (χ2n) is 10.1. The van der Waals surface area contributed by atoms with Crippen LogP contribution >= 0.6 is 0 Å². The van der Waals surface area contributed by atoms with E-state index in [0.717, 1.165) is 62.4 Å². The molecular formula is C34H51FN2O. The van der Waals surface area contributed by atoms with Crippen molar-refractivity contribution in [1.29, 1.82) is 0 Å². The van der Waals surface area contributed by atoms with Crippen molar-refractivity contribution in [2.75, 3.05) is 0 Å². The third-order valence-corrected chi connectivity index (χ3v) is 6.43. The van der Waals surface area contributed by atoms with Crippen LogP contribution in [0.3, 0.4) is 0 Å². The van der Waals surface area contributed by atoms with Crippen LogP contribution in [0.4, 0.5) is 4.39 Å². The van der Waals surface area contributed by atoms with Gasteiger partial charge in [0.2, 0.25) is 5.95 Å². The fraction of sp³-hybridized carbons (Fsp3) is 0.529. The first-order valence-electron chi connectivity index (χ1n) is 14.8. The Balaban J connectivity index is 0.000000377. The number of allylic oxidation sites excluding steroid dienone is 1. The maximum atomic E-state index is 14.1. The molecule has 38 heavy (non-hydrogen) atoms. The lowest BCUT2D eigenvalue weighted by atomic mass is 9.91. The van der Waals surface area contributed by atoms with Gasteiger partial charge in [0.05, 0.1) is 10.9 Å². The lowest BCUT2D eigenvalue weighted by Crippen LogP contribution is -1.99. The predicted molar refractivity (Wildman–Crippen MR) is 163 cm³/mol. The number of nitrogens with zero attached hydrogens (tertiary/aromatic N) is 1. The molecule has 0 saturated carbocycles. The number of fused-ring (bicyclic) bond motifs is 3. The molecule has 3 nitrogen and oxygen atoms in total. The molecule has 1 heterocycles. The number of hydrogen-bond acceptors (Lipinski definition) is 2. The number of aryl methyl sites for hydroxylation is 2. The van der Waals surface area contributed by atoms with Crippen LogP contribution in [-0.2, 0) is 11.2 Å². The Hall–Kier alpha value is -2.75. The first kappa shape index (κ1) is 33.3. The van der Waals surface area contributed by atoms with Gasteiger partial charge >= 0.3 is 0 Å². The Morgan fingerprint density at radius 1 is 0.921 bits per heavy atom. The lowest BCUT2D eigenvalue weighted by molar-refractivity contribution is -0.111. The zero-order valence-corrected chi connectivity index (χ0v) is 25.0. The van der Waals surface area contributed by atoms with Crippen molar-refractivity contribution in [3.63, 3.8) is 0 Å². The number of aldehydes is 1. The highest BCUT2D eigenvalue weighted by Crippen LogP contribution is 2.35. The first-order valence-corrected chi connectivity index (χ1v) is 14.8. The van der Waals surface area contributed by atoms with Crippen molar-refractivity contribution in [1.82, 2.24) is 10.2 Å². The number of hydrogen-bond donors (Lipinski definition) is 1. The van der Waals surface area contributed by atoms with Crippen molar-refractivity contribution >= 4 is 22.8 Å². The standard InChI is InChI=1S/C19H17FN2.C8H16O.C4H10.C3H8/c1-12-6-8-13(9-7-12)14-4-2-3-5-16-15(14)10-11-17-18(16)19(20)22-21-17;1-3-5-8(7-9)6-4-2;1-3-4-2;1-3-2/h4,6-11H,2-3,5H2,1H3,(H,21,22);7-8H,3-6H2,1-2H3;3-4H2,1-2H3;3H2,1-2H3. The molecule has 0 saturated heterocycles. The van der Waals surface area contributed by atoms with E-state index in [1.807, 2.05) is 6.07 Å². The van der Waals surface area contributed by atoms with Crippen LogP contribution in [0.1, 0.15) is 122 Å². The molecule has 2 aromatic carbocycles. The second kappa shape index (κ2) is 19.3. The Labute approximate surface area is 231 Å². The lowest BCUT2D eigenvalue weighted by Gasteiger charge is -2.12. The fourth-order valence-corrected chi connectivity index (χ4v) is 4.31. The highest BCUT2D eigenvalue weighted by molar-refractivity contribution is 5.92. The number of benzene rings is 2. The van der Waals surface area contributed by atoms with Gasteiger partial charge in [-0.3, -0.25) is 5.10 Å². The van der Waals surface area contributed by atoms with Gasteiger partial charge in [0.1, 0.15) is 6.29 Å². The molecule has 1 aromatic heterocycles. The van der Waals surface area contributed by atoms with Crippen molar-refractivity contribution in [3.05, 3.63) is 70.7 Å². The summed E-state index contributed by atoms with van der Waals surface area (Å²) in [4.78, 5) is 10.3. The predicted octanol–water partition coefficient (Wildman–Crippen LogP) is 10.4. The molecule has 1 N–H and O–H groups in total. The highest BCUT2D eigenvalue weighted by Gasteiger charge is 2.19. The number of carbonyl (C=O) groups excluding carboxylic acids is 1. The van der Waals surface area contributed by atoms with Gasteiger partial charge in [-0.15, -0.1) is 0 Å². The highest BCUT2D eigenvalue weighted by atomic mass is 19.1. The average Bonchev–Trinajstić information content (AvgIpc) is 3.17. The van der Waals surface area contributed by atoms with Crippen LogP contribution in [-0.4, -0.2) is 16.5 Å². The third kappa shape index (κ3) is 10.6. The van der Waals surface area contributed by atoms with E-state index in [9.17, 15) is 9.18 Å². The molecule has 0 amide bonds. The van der Waals surface area contributed by atoms with Gasteiger partial charge in [0.25, 0.3) is 0 Å². The van der Waals surface area contributed by atoms with Gasteiger partial charge in [0.15, 0.2) is 0 Å². The SMILES string of the molecule is CCC.CCCC.CCCC(C=O)CCC.Cc1ccc(C2=CCCCc3c2ccc2n[nH]c(F)c32)cc1. The van der Waals surface area contributed by atoms with Crippen LogP contribution in [0.5, 0.6) is 0 Å². The van der Waals surface area contributed by atoms with Crippen LogP contribution in [0.15, 0.2) is 42.5 Å². The van der Waals surface area contributed by atoms with Crippen LogP contribution in [0, 0.1) is 18.8 Å². The molecule has 0 aliphatic heterocycles. The molecule has 1 aliphatic rings. The molecule has 0 spiro atoms. The van der Waals surface area contributed by atoms with Crippen molar-refractivity contribution in [2.24, 2.45) is 5.92 Å². The first-order chi connectivity index (χ1) is 18.4. The monoisotopic (exact) mass is 522 g/mol. The molecule has 210 valence electrons. The summed E-state index contributed by atoms with van der Waals surface area (Å²) >= 11 is 0. The number of unbranched alkanes of at least 4 members (excludes halogenated alkanes) is 1. The van der Waals surface area contributed by atoms with E-state index in [1.165, 1.54) is 36.0 Å². The van der Waals surface area contributed by atoms with Gasteiger partial charge < -0.3 is 4.79 Å². The summed E-state index contributed by atoms with van der Waals surface area (Å²) in [6, 6.07) is 12.5. The molecule has 0 atom stereocenters. The second-order valence-corrected chi connectivity index (χ2v) is 10.1. The molecule has 0 unspecified atom stereocenters. The van der Waals surface area contributed by atoms with E-state index in [-0.39, 0.29) is 5.95 Å². The summed E-state index contributed by atoms with van der Waals surface area (Å²) in [6.07, 6.45) is 14.6. The Bertz CT molecular complexity index is 1070. The van der Waals surface area contributed by atoms with E-state index in [4.69, 9.17) is 0 Å². The Morgan fingerprint density at radius 3 is 2.05 bits per heavy atom. The topological polar surface area (TPSA) is 45.8 Å². The maximum absolute atomic E-state index is 14.1. The van der Waals surface area contributed by atoms with E-state index >= 15 is 0 Å². The number of H-pyrrole nitrogens is 1. The van der Waals surface area contributed by atoms with E-state index in [0.29, 0.717) is 16.8 Å². The number of aromatic amines is 1. The summed E-state index contributed by atoms with van der Waals surface area (Å²) in [7, 11) is 0. The van der Waals surface area contributed by atoms with Crippen LogP contribution < -0.4 is 0 Å². The molecule has 0 radical (unpaired) electrons. The minimum atomic E-state index is -0.322. The Morgan fingerprint density at radius 2 is 1.53 bits per heavy atom. The largest absolute Gasteiger partial charge is 0.303 e. The summed E-state index contributed by atoms with van der Waals surface area (Å²) in [5.41, 5.74) is 6.56. The number of carbonyl (C=O) groups is 1. The third-order valence-electron chi connectivity index (χ3n) is 6.43. The maximum Gasteiger partial charge on any atom is 0.217 e. The molecule has 3 aromatic rings. The van der Waals surface area contributed by atoms with Gasteiger partial charge in [-0.1, -0.05) is 116 Å². The number of nitrogens with one attached hydrogen (secondary N) is 1. The minimum absolute atomic E-state index is 0.322. The summed E-state index contributed by atoms with van der Waals surface area (Å²) in [6.45, 7) is 14.9. The minimum Gasteiger partial charge on any atom is -0.303 e. The molecule has 1 aliphatic carbocycles. The van der Waals surface area contributed by atoms with E-state index in [1.54, 1.807) is 0 Å². The molecule has 0 fully saturated rings. The van der Waals surface area contributed by atoms with E-state index in [2.05, 4.69) is 95.1 Å². The van der Waals surface area contributed by atoms with Crippen LogP contribution in [0.2, 0.25) is 0 Å². The number of aromatic nitrogens is 2. The number of halogens is 1. The van der Waals surface area contributed by atoms with Gasteiger partial charge in [-0.2, -0.15) is 9.49 Å². The van der Waals surface area contributed by atoms with Gasteiger partial charge in [0, 0.05) is 5.92 Å². The zero-order chi connectivity index (χ0) is 28.3. The Kier molecular flexibility index (Phi) is 16.9. The summed E-state index contributed by atoms with van der Waals surface area (Å²) in [5.74, 6) is 0.0111. The molecule has 4 heteroatoms. The van der Waals surface area contributed by atoms with Crippen molar-refractivity contribution < 1.29 is 9.18 Å². The summed E-state index contributed by atoms with van der Waals surface area (Å²) < 4.78 is 14.1. The van der Waals surface area contributed by atoms with Gasteiger partial charge in [-0.05, 0) is 67.4 Å². The normalized spacial score (nSPS) is 12.1. The average molecular weight is 523 g/mol. The summed E-state index contributed by atoms with van der Waals surface area (Å²) in [5, 5.41) is 7.17. The molecule has 0 bridgehead atoms. The van der Waals surface area contributed by atoms with Crippen molar-refractivity contribution in [2.45, 2.75) is 113 Å². The fourth-order valence-electron chi connectivity index (χ4n) is 4.31. The van der Waals surface area contributed by atoms with E-state index < -0.39 is 0 Å². The quantitative estimate of drug-likeness (QED) is 0.314. The van der Waals surface area contributed by atoms with Crippen LogP contribution in [0.25, 0.3) is 16.5 Å². The smallest absolute Gasteiger partial charge is 0.217 e. The zero-order valence-electron chi connectivity index (χ0n) is 25.0. The van der Waals surface area contributed by atoms with Gasteiger partial charge in [-0.25, -0.2) is 0 Å². The molecular weight excluding hydrogens is 471 g/mol. The number of rotatable bonds is 7. The van der Waals surface area contributed by atoms with Crippen molar-refractivity contribution in [3.8, 4) is 0 Å².